The van der Waals surface area contributed by atoms with Gasteiger partial charge in [0.25, 0.3) is 0 Å². The van der Waals surface area contributed by atoms with Crippen molar-refractivity contribution in [2.24, 2.45) is 0 Å². The number of halogens is 1. The number of carbonyl (C=O) groups is 2. The third-order valence-corrected chi connectivity index (χ3v) is 3.84. The van der Waals surface area contributed by atoms with Gasteiger partial charge >= 0.3 is 0 Å². The summed E-state index contributed by atoms with van der Waals surface area (Å²) in [6.07, 6.45) is 3.63. The molecule has 22 heavy (non-hydrogen) atoms. The summed E-state index contributed by atoms with van der Waals surface area (Å²) >= 11 is 0. The van der Waals surface area contributed by atoms with E-state index < -0.39 is 0 Å². The van der Waals surface area contributed by atoms with Crippen molar-refractivity contribution < 1.29 is 9.59 Å². The van der Waals surface area contributed by atoms with Crippen LogP contribution >= 0.6 is 12.4 Å². The third kappa shape index (κ3) is 7.45. The molecule has 1 atom stereocenters. The lowest BCUT2D eigenvalue weighted by Crippen LogP contribution is -2.51. The van der Waals surface area contributed by atoms with Crippen LogP contribution in [0.15, 0.2) is 0 Å². The predicted molar refractivity (Wildman–Crippen MR) is 92.3 cm³/mol. The van der Waals surface area contributed by atoms with Crippen LogP contribution in [0.4, 0.5) is 0 Å². The molecule has 130 valence electrons. The fraction of sp³-hybridized carbons (Fsp3) is 0.875. The van der Waals surface area contributed by atoms with Crippen molar-refractivity contribution in [2.45, 2.75) is 58.9 Å². The Balaban J connectivity index is 0.00000441. The minimum Gasteiger partial charge on any atom is -0.343 e. The Morgan fingerprint density at radius 3 is 2.36 bits per heavy atom. The van der Waals surface area contributed by atoms with Crippen LogP contribution in [0, 0.1) is 0 Å². The van der Waals surface area contributed by atoms with Gasteiger partial charge in [0.05, 0.1) is 0 Å². The highest BCUT2D eigenvalue weighted by atomic mass is 35.5. The summed E-state index contributed by atoms with van der Waals surface area (Å²) in [4.78, 5) is 28.1. The van der Waals surface area contributed by atoms with Crippen LogP contribution in [0.2, 0.25) is 0 Å². The van der Waals surface area contributed by atoms with E-state index in [1.165, 1.54) is 0 Å². The van der Waals surface area contributed by atoms with Crippen LogP contribution < -0.4 is 5.32 Å². The summed E-state index contributed by atoms with van der Waals surface area (Å²) in [5.41, 5.74) is 0. The van der Waals surface area contributed by atoms with Gasteiger partial charge in [-0.1, -0.05) is 13.8 Å². The highest BCUT2D eigenvalue weighted by Crippen LogP contribution is 2.07. The molecule has 1 fully saturated rings. The zero-order valence-electron chi connectivity index (χ0n) is 14.3. The normalized spacial score (nSPS) is 17.8. The van der Waals surface area contributed by atoms with Crippen LogP contribution in [0.25, 0.3) is 0 Å². The van der Waals surface area contributed by atoms with Gasteiger partial charge in [0.2, 0.25) is 11.8 Å². The number of nitrogens with zero attached hydrogens (tertiary/aromatic N) is 2. The summed E-state index contributed by atoms with van der Waals surface area (Å²) < 4.78 is 0. The molecule has 1 aliphatic rings. The highest BCUT2D eigenvalue weighted by Gasteiger charge is 2.20. The summed E-state index contributed by atoms with van der Waals surface area (Å²) in [7, 11) is 0. The van der Waals surface area contributed by atoms with E-state index in [1.807, 2.05) is 9.80 Å². The lowest BCUT2D eigenvalue weighted by atomic mass is 10.1. The van der Waals surface area contributed by atoms with Crippen molar-refractivity contribution >= 4 is 24.2 Å². The second kappa shape index (κ2) is 11.7. The molecule has 0 aromatic carbocycles. The van der Waals surface area contributed by atoms with E-state index in [0.29, 0.717) is 25.3 Å². The lowest BCUT2D eigenvalue weighted by molar-refractivity contribution is -0.133. The van der Waals surface area contributed by atoms with Crippen molar-refractivity contribution in [3.8, 4) is 0 Å². The zero-order valence-corrected chi connectivity index (χ0v) is 15.1. The average molecular weight is 334 g/mol. The molecule has 1 unspecified atom stereocenters. The van der Waals surface area contributed by atoms with Crippen LogP contribution in [-0.2, 0) is 9.59 Å². The van der Waals surface area contributed by atoms with Crippen LogP contribution in [0.3, 0.4) is 0 Å². The van der Waals surface area contributed by atoms with Gasteiger partial charge in [-0.2, -0.15) is 0 Å². The van der Waals surface area contributed by atoms with Gasteiger partial charge in [-0.3, -0.25) is 9.59 Å². The molecule has 0 aromatic heterocycles. The molecule has 0 radical (unpaired) electrons. The Morgan fingerprint density at radius 1 is 1.18 bits per heavy atom. The second-order valence-electron chi connectivity index (χ2n) is 5.93. The number of nitrogens with one attached hydrogen (secondary N) is 1. The van der Waals surface area contributed by atoms with Crippen molar-refractivity contribution in [1.29, 1.82) is 0 Å². The fourth-order valence-electron chi connectivity index (χ4n) is 2.77. The molecule has 6 heteroatoms. The standard InChI is InChI=1S/C16H31N3O2.ClH/c1-4-10-18(11-5-2)15(20)7-6-8-16(21)19-12-9-17-14(3)13-19;/h14,17H,4-13H2,1-3H3;1H. The third-order valence-electron chi connectivity index (χ3n) is 3.84. The smallest absolute Gasteiger partial charge is 0.222 e. The topological polar surface area (TPSA) is 52.7 Å². The summed E-state index contributed by atoms with van der Waals surface area (Å²) in [6, 6.07) is 0.369. The maximum absolute atomic E-state index is 12.1. The van der Waals surface area contributed by atoms with Crippen molar-refractivity contribution in [1.82, 2.24) is 15.1 Å². The molecule has 0 aliphatic carbocycles. The summed E-state index contributed by atoms with van der Waals surface area (Å²) in [6.45, 7) is 10.4. The van der Waals surface area contributed by atoms with Gasteiger partial charge < -0.3 is 15.1 Å². The molecule has 0 bridgehead atoms. The Hall–Kier alpha value is -0.810. The quantitative estimate of drug-likeness (QED) is 0.739. The SMILES string of the molecule is CCCN(CCC)C(=O)CCCC(=O)N1CCNC(C)C1.Cl. The largest absolute Gasteiger partial charge is 0.343 e. The highest BCUT2D eigenvalue weighted by molar-refractivity contribution is 5.85. The Kier molecular flexibility index (Phi) is 11.3. The molecule has 1 heterocycles. The fourth-order valence-corrected chi connectivity index (χ4v) is 2.77. The molecular weight excluding hydrogens is 302 g/mol. The first-order chi connectivity index (χ1) is 10.1. The van der Waals surface area contributed by atoms with Crippen molar-refractivity contribution in [2.75, 3.05) is 32.7 Å². The molecule has 0 aromatic rings. The molecule has 0 saturated carbocycles. The number of amides is 2. The van der Waals surface area contributed by atoms with Crippen molar-refractivity contribution in [3.63, 3.8) is 0 Å². The maximum Gasteiger partial charge on any atom is 0.222 e. The average Bonchev–Trinajstić information content (AvgIpc) is 2.46. The first-order valence-corrected chi connectivity index (χ1v) is 8.37. The van der Waals surface area contributed by atoms with E-state index in [1.54, 1.807) is 0 Å². The molecule has 1 N–H and O–H groups in total. The summed E-state index contributed by atoms with van der Waals surface area (Å²) in [5, 5.41) is 3.33. The zero-order chi connectivity index (χ0) is 15.7. The molecule has 0 spiro atoms. The molecule has 1 saturated heterocycles. The lowest BCUT2D eigenvalue weighted by Gasteiger charge is -2.32. The van der Waals surface area contributed by atoms with Gasteiger partial charge in [-0.25, -0.2) is 0 Å². The number of hydrogen-bond donors (Lipinski definition) is 1. The molecule has 5 nitrogen and oxygen atoms in total. The van der Waals surface area contributed by atoms with Crippen LogP contribution in [-0.4, -0.2) is 60.4 Å². The van der Waals surface area contributed by atoms with Crippen molar-refractivity contribution in [3.05, 3.63) is 0 Å². The number of carbonyl (C=O) groups excluding carboxylic acids is 2. The van der Waals surface area contributed by atoms with E-state index in [-0.39, 0.29) is 24.2 Å². The molecular formula is C16H32ClN3O2. The van der Waals surface area contributed by atoms with E-state index in [0.717, 1.165) is 45.6 Å². The molecule has 2 amide bonds. The number of hydrogen-bond acceptors (Lipinski definition) is 3. The minimum absolute atomic E-state index is 0. The Bertz CT molecular complexity index is 317. The Morgan fingerprint density at radius 2 is 1.82 bits per heavy atom. The van der Waals surface area contributed by atoms with Gasteiger partial charge in [0.1, 0.15) is 0 Å². The molecule has 1 rings (SSSR count). The Labute approximate surface area is 141 Å². The summed E-state index contributed by atoms with van der Waals surface area (Å²) in [5.74, 6) is 0.383. The maximum atomic E-state index is 12.1. The predicted octanol–water partition coefficient (Wildman–Crippen LogP) is 2.05. The number of rotatable bonds is 8. The second-order valence-corrected chi connectivity index (χ2v) is 5.93. The minimum atomic E-state index is 0. The van der Waals surface area contributed by atoms with Crippen LogP contribution in [0.5, 0.6) is 0 Å². The van der Waals surface area contributed by atoms with E-state index in [4.69, 9.17) is 0 Å². The van der Waals surface area contributed by atoms with Gasteiger partial charge in [0, 0.05) is 51.6 Å². The number of piperazine rings is 1. The monoisotopic (exact) mass is 333 g/mol. The van der Waals surface area contributed by atoms with Crippen LogP contribution in [0.1, 0.15) is 52.9 Å². The first-order valence-electron chi connectivity index (χ1n) is 8.37. The first kappa shape index (κ1) is 21.2. The van der Waals surface area contributed by atoms with E-state index >= 15 is 0 Å². The van der Waals surface area contributed by atoms with Gasteiger partial charge in [-0.05, 0) is 26.2 Å². The molecule has 1 aliphatic heterocycles. The van der Waals surface area contributed by atoms with E-state index in [2.05, 4.69) is 26.1 Å². The van der Waals surface area contributed by atoms with E-state index in [9.17, 15) is 9.59 Å². The van der Waals surface area contributed by atoms with Gasteiger partial charge in [-0.15, -0.1) is 12.4 Å². The van der Waals surface area contributed by atoms with Gasteiger partial charge in [0.15, 0.2) is 0 Å².